The number of pyridine rings is 1. The van der Waals surface area contributed by atoms with Gasteiger partial charge in [-0.25, -0.2) is 0 Å². The molecule has 0 aliphatic rings. The number of halogens is 1. The molecule has 2 aromatic heterocycles. The molecule has 2 rings (SSSR count). The van der Waals surface area contributed by atoms with Crippen molar-refractivity contribution in [1.29, 1.82) is 0 Å². The molecule has 0 saturated carbocycles. The molecule has 0 N–H and O–H groups in total. The quantitative estimate of drug-likeness (QED) is 0.783. The van der Waals surface area contributed by atoms with Crippen LogP contribution in [0.25, 0.3) is 0 Å². The average Bonchev–Trinajstić information content (AvgIpc) is 2.65. The number of nitrogens with zero attached hydrogens (tertiary/aromatic N) is 1. The van der Waals surface area contributed by atoms with Crippen LogP contribution in [-0.2, 0) is 0 Å². The van der Waals surface area contributed by atoms with Gasteiger partial charge >= 0.3 is 0 Å². The van der Waals surface area contributed by atoms with E-state index >= 15 is 0 Å². The van der Waals surface area contributed by atoms with Gasteiger partial charge in [0.25, 0.3) is 0 Å². The van der Waals surface area contributed by atoms with Crippen molar-refractivity contribution in [2.24, 2.45) is 0 Å². The zero-order valence-electron chi connectivity index (χ0n) is 7.11. The molecule has 0 unspecified atom stereocenters. The normalized spacial score (nSPS) is 10.1. The Hall–Kier alpha value is -1.00. The molecule has 0 aromatic carbocycles. The van der Waals surface area contributed by atoms with Gasteiger partial charge in [0.05, 0.1) is 4.88 Å². The topological polar surface area (TPSA) is 30.0 Å². The van der Waals surface area contributed by atoms with E-state index in [1.807, 2.05) is 17.5 Å². The first-order chi connectivity index (χ1) is 6.79. The molecular weight excluding hydrogens is 262 g/mol. The second-order valence-electron chi connectivity index (χ2n) is 2.64. The molecule has 0 bridgehead atoms. The van der Waals surface area contributed by atoms with Crippen molar-refractivity contribution in [3.8, 4) is 0 Å². The van der Waals surface area contributed by atoms with Gasteiger partial charge in [0.15, 0.2) is 0 Å². The lowest BCUT2D eigenvalue weighted by atomic mass is 10.2. The summed E-state index contributed by atoms with van der Waals surface area (Å²) in [6.45, 7) is 0. The molecule has 0 radical (unpaired) electrons. The lowest BCUT2D eigenvalue weighted by molar-refractivity contribution is 0.103. The van der Waals surface area contributed by atoms with E-state index < -0.39 is 0 Å². The Bertz CT molecular complexity index is 452. The van der Waals surface area contributed by atoms with Crippen molar-refractivity contribution < 1.29 is 4.79 Å². The van der Waals surface area contributed by atoms with Crippen LogP contribution in [0.2, 0.25) is 0 Å². The second-order valence-corrected chi connectivity index (χ2v) is 4.41. The van der Waals surface area contributed by atoms with E-state index in [9.17, 15) is 4.79 Å². The summed E-state index contributed by atoms with van der Waals surface area (Å²) in [4.78, 5) is 16.6. The molecule has 0 fully saturated rings. The summed E-state index contributed by atoms with van der Waals surface area (Å²) in [7, 11) is 0. The van der Waals surface area contributed by atoms with Crippen LogP contribution >= 0.6 is 27.3 Å². The maximum atomic E-state index is 11.8. The average molecular weight is 268 g/mol. The van der Waals surface area contributed by atoms with Gasteiger partial charge in [-0.05, 0) is 39.5 Å². The van der Waals surface area contributed by atoms with E-state index in [-0.39, 0.29) is 5.78 Å². The number of hydrogen-bond acceptors (Lipinski definition) is 3. The highest BCUT2D eigenvalue weighted by Crippen LogP contribution is 2.24. The molecule has 0 aliphatic carbocycles. The minimum Gasteiger partial charge on any atom is -0.286 e. The van der Waals surface area contributed by atoms with Crippen LogP contribution in [-0.4, -0.2) is 10.8 Å². The Kier molecular flexibility index (Phi) is 2.74. The molecule has 0 saturated heterocycles. The molecule has 0 amide bonds. The fourth-order valence-corrected chi connectivity index (χ4v) is 2.57. The number of aromatic nitrogens is 1. The Morgan fingerprint density at radius 3 is 2.79 bits per heavy atom. The minimum atomic E-state index is -0.0347. The summed E-state index contributed by atoms with van der Waals surface area (Å²) in [5, 5.41) is 1.88. The highest BCUT2D eigenvalue weighted by molar-refractivity contribution is 9.10. The largest absolute Gasteiger partial charge is 0.286 e. The van der Waals surface area contributed by atoms with Crippen LogP contribution in [0.3, 0.4) is 0 Å². The van der Waals surface area contributed by atoms with Crippen LogP contribution in [0.5, 0.6) is 0 Å². The molecule has 70 valence electrons. The van der Waals surface area contributed by atoms with Crippen LogP contribution < -0.4 is 0 Å². The lowest BCUT2D eigenvalue weighted by Gasteiger charge is -1.96. The van der Waals surface area contributed by atoms with E-state index in [0.29, 0.717) is 10.6 Å². The first-order valence-corrected chi connectivity index (χ1v) is 5.65. The van der Waals surface area contributed by atoms with Crippen LogP contribution in [0.15, 0.2) is 40.3 Å². The fourth-order valence-electron chi connectivity index (χ4n) is 1.07. The second kappa shape index (κ2) is 4.02. The van der Waals surface area contributed by atoms with Crippen molar-refractivity contribution in [2.75, 3.05) is 0 Å². The number of carbonyl (C=O) groups excluding carboxylic acids is 1. The summed E-state index contributed by atoms with van der Waals surface area (Å²) < 4.78 is 0.832. The van der Waals surface area contributed by atoms with Gasteiger partial charge in [0.2, 0.25) is 5.78 Å². The number of rotatable bonds is 2. The summed E-state index contributed by atoms with van der Waals surface area (Å²) >= 11 is 4.74. The van der Waals surface area contributed by atoms with Crippen LogP contribution in [0.4, 0.5) is 0 Å². The smallest absolute Gasteiger partial charge is 0.222 e. The van der Waals surface area contributed by atoms with E-state index in [0.717, 1.165) is 4.47 Å². The Morgan fingerprint density at radius 1 is 1.36 bits per heavy atom. The van der Waals surface area contributed by atoms with Crippen molar-refractivity contribution in [1.82, 2.24) is 4.98 Å². The first-order valence-electron chi connectivity index (χ1n) is 3.98. The minimum absolute atomic E-state index is 0.0347. The number of carbonyl (C=O) groups is 1. The van der Waals surface area contributed by atoms with Crippen LogP contribution in [0.1, 0.15) is 15.4 Å². The summed E-state index contributed by atoms with van der Waals surface area (Å²) in [5.74, 6) is -0.0347. The standard InChI is InChI=1S/C10H6BrNOS/c11-7-4-6-14-10(7)9(13)8-3-1-2-5-12-8/h1-6H. The van der Waals surface area contributed by atoms with Crippen molar-refractivity contribution in [2.45, 2.75) is 0 Å². The zero-order valence-corrected chi connectivity index (χ0v) is 9.51. The maximum absolute atomic E-state index is 11.8. The molecule has 0 aliphatic heterocycles. The third kappa shape index (κ3) is 1.76. The molecular formula is C10H6BrNOS. The van der Waals surface area contributed by atoms with Gasteiger partial charge < -0.3 is 0 Å². The Balaban J connectivity index is 2.39. The third-order valence-corrected chi connectivity index (χ3v) is 3.56. The first kappa shape index (κ1) is 9.55. The number of hydrogen-bond donors (Lipinski definition) is 0. The van der Waals surface area contributed by atoms with Gasteiger partial charge in [0, 0.05) is 10.7 Å². The Morgan fingerprint density at radius 2 is 2.21 bits per heavy atom. The molecule has 2 heterocycles. The highest BCUT2D eigenvalue weighted by atomic mass is 79.9. The zero-order chi connectivity index (χ0) is 9.97. The predicted molar refractivity (Wildman–Crippen MR) is 59.7 cm³/mol. The van der Waals surface area contributed by atoms with E-state index in [2.05, 4.69) is 20.9 Å². The van der Waals surface area contributed by atoms with Gasteiger partial charge in [-0.15, -0.1) is 11.3 Å². The molecule has 0 spiro atoms. The Labute approximate surface area is 93.7 Å². The predicted octanol–water partition coefficient (Wildman–Crippen LogP) is 3.14. The van der Waals surface area contributed by atoms with Crippen molar-refractivity contribution in [3.63, 3.8) is 0 Å². The monoisotopic (exact) mass is 267 g/mol. The van der Waals surface area contributed by atoms with Crippen LogP contribution in [0, 0.1) is 0 Å². The summed E-state index contributed by atoms with van der Waals surface area (Å²) in [5.41, 5.74) is 0.482. The molecule has 2 aromatic rings. The van der Waals surface area contributed by atoms with E-state index in [1.165, 1.54) is 11.3 Å². The van der Waals surface area contributed by atoms with Gasteiger partial charge in [-0.1, -0.05) is 6.07 Å². The lowest BCUT2D eigenvalue weighted by Crippen LogP contribution is -2.01. The molecule has 14 heavy (non-hydrogen) atoms. The summed E-state index contributed by atoms with van der Waals surface area (Å²) in [6.07, 6.45) is 1.62. The third-order valence-electron chi connectivity index (χ3n) is 1.72. The molecule has 4 heteroatoms. The molecule has 0 atom stereocenters. The summed E-state index contributed by atoms with van der Waals surface area (Å²) in [6, 6.07) is 7.18. The van der Waals surface area contributed by atoms with E-state index in [4.69, 9.17) is 0 Å². The number of ketones is 1. The highest BCUT2D eigenvalue weighted by Gasteiger charge is 2.14. The van der Waals surface area contributed by atoms with Crippen molar-refractivity contribution >= 4 is 33.0 Å². The van der Waals surface area contributed by atoms with E-state index in [1.54, 1.807) is 18.3 Å². The van der Waals surface area contributed by atoms with Gasteiger partial charge in [0.1, 0.15) is 5.69 Å². The fraction of sp³-hybridized carbons (Fsp3) is 0. The van der Waals surface area contributed by atoms with Crippen molar-refractivity contribution in [3.05, 3.63) is 50.9 Å². The number of thiophene rings is 1. The SMILES string of the molecule is O=C(c1ccccn1)c1sccc1Br. The molecule has 2 nitrogen and oxygen atoms in total. The van der Waals surface area contributed by atoms with Gasteiger partial charge in [-0.2, -0.15) is 0 Å². The maximum Gasteiger partial charge on any atom is 0.222 e. The van der Waals surface area contributed by atoms with Gasteiger partial charge in [-0.3, -0.25) is 9.78 Å².